The molecule has 1 aromatic rings. The molecule has 0 aromatic heterocycles. The molecule has 0 heterocycles. The fourth-order valence-electron chi connectivity index (χ4n) is 1.58. The second kappa shape index (κ2) is 8.34. The molecule has 0 aliphatic rings. The van der Waals surface area contributed by atoms with Crippen molar-refractivity contribution in [1.29, 1.82) is 0 Å². The third-order valence-corrected chi connectivity index (χ3v) is 4.48. The van der Waals surface area contributed by atoms with E-state index in [-0.39, 0.29) is 0 Å². The van der Waals surface area contributed by atoms with Crippen molar-refractivity contribution in [2.45, 2.75) is 32.7 Å². The van der Waals surface area contributed by atoms with Crippen molar-refractivity contribution in [3.63, 3.8) is 0 Å². The predicted molar refractivity (Wildman–Crippen MR) is 69.7 cm³/mol. The maximum Gasteiger partial charge on any atom is 0.325 e. The number of halogens is 3. The van der Waals surface area contributed by atoms with Crippen molar-refractivity contribution in [2.75, 3.05) is 13.2 Å². The second-order valence-corrected chi connectivity index (χ2v) is 6.18. The summed E-state index contributed by atoms with van der Waals surface area (Å²) in [5.41, 5.74) is 0.375. The lowest BCUT2D eigenvalue weighted by Gasteiger charge is -2.16. The van der Waals surface area contributed by atoms with Crippen LogP contribution in [0, 0.1) is 17.5 Å². The highest BCUT2D eigenvalue weighted by Crippen LogP contribution is 2.15. The van der Waals surface area contributed by atoms with Gasteiger partial charge in [0.2, 0.25) is 0 Å². The first-order chi connectivity index (χ1) is 9.08. The Labute approximate surface area is 113 Å². The zero-order chi connectivity index (χ0) is 14.3. The molecule has 0 amide bonds. The SMILES string of the molecule is CCCO[SiH](Cc1cc(F)c(F)c(F)c1)OCCC. The third kappa shape index (κ3) is 5.34. The number of rotatable bonds is 8. The topological polar surface area (TPSA) is 18.5 Å². The van der Waals surface area contributed by atoms with Gasteiger partial charge in [0.15, 0.2) is 17.5 Å². The van der Waals surface area contributed by atoms with Crippen LogP contribution in [0.3, 0.4) is 0 Å². The van der Waals surface area contributed by atoms with Gasteiger partial charge >= 0.3 is 9.28 Å². The first-order valence-corrected chi connectivity index (χ1v) is 8.21. The molecule has 0 bridgehead atoms. The summed E-state index contributed by atoms with van der Waals surface area (Å²) < 4.78 is 50.2. The Bertz CT molecular complexity index is 370. The Kier molecular flexibility index (Phi) is 7.12. The summed E-state index contributed by atoms with van der Waals surface area (Å²) >= 11 is 0. The summed E-state index contributed by atoms with van der Waals surface area (Å²) in [7, 11) is -2.01. The fraction of sp³-hybridized carbons (Fsp3) is 0.538. The van der Waals surface area contributed by atoms with E-state index in [1.54, 1.807) is 0 Å². The quantitative estimate of drug-likeness (QED) is 0.541. The minimum absolute atomic E-state index is 0.328. The van der Waals surface area contributed by atoms with Crippen LogP contribution in [0.5, 0.6) is 0 Å². The minimum atomic E-state index is -2.01. The summed E-state index contributed by atoms with van der Waals surface area (Å²) in [5, 5.41) is 0. The molecule has 0 aliphatic heterocycles. The molecule has 0 saturated carbocycles. The molecule has 0 spiro atoms. The normalized spacial score (nSPS) is 11.3. The van der Waals surface area contributed by atoms with Gasteiger partial charge in [0.05, 0.1) is 0 Å². The zero-order valence-corrected chi connectivity index (χ0v) is 12.4. The molecule has 0 fully saturated rings. The monoisotopic (exact) mass is 292 g/mol. The smallest absolute Gasteiger partial charge is 0.325 e. The van der Waals surface area contributed by atoms with Crippen molar-refractivity contribution in [3.8, 4) is 0 Å². The molecule has 0 saturated heterocycles. The first kappa shape index (κ1) is 16.2. The Balaban J connectivity index is 2.71. The maximum absolute atomic E-state index is 13.1. The second-order valence-electron chi connectivity index (χ2n) is 4.25. The largest absolute Gasteiger partial charge is 0.396 e. The summed E-state index contributed by atoms with van der Waals surface area (Å²) in [4.78, 5) is 0. The van der Waals surface area contributed by atoms with Crippen LogP contribution >= 0.6 is 0 Å². The van der Waals surface area contributed by atoms with Gasteiger partial charge in [-0.1, -0.05) is 13.8 Å². The van der Waals surface area contributed by atoms with Gasteiger partial charge in [-0.15, -0.1) is 0 Å². The van der Waals surface area contributed by atoms with Gasteiger partial charge < -0.3 is 8.85 Å². The van der Waals surface area contributed by atoms with Crippen LogP contribution < -0.4 is 0 Å². The van der Waals surface area contributed by atoms with Crippen LogP contribution in [-0.4, -0.2) is 22.5 Å². The molecule has 1 aromatic carbocycles. The molecule has 0 atom stereocenters. The standard InChI is InChI=1S/C13H19F3O2Si/c1-3-5-17-19(18-6-4-2)9-10-7-11(14)13(16)12(15)8-10/h7-8,19H,3-6,9H2,1-2H3. The van der Waals surface area contributed by atoms with E-state index in [4.69, 9.17) is 8.85 Å². The van der Waals surface area contributed by atoms with Gasteiger partial charge in [0.25, 0.3) is 0 Å². The Morgan fingerprint density at radius 2 is 1.42 bits per heavy atom. The highest BCUT2D eigenvalue weighted by Gasteiger charge is 2.17. The lowest BCUT2D eigenvalue weighted by Crippen LogP contribution is -2.27. The molecule has 2 nitrogen and oxygen atoms in total. The van der Waals surface area contributed by atoms with Crippen LogP contribution in [0.1, 0.15) is 32.3 Å². The molecular weight excluding hydrogens is 273 g/mol. The van der Waals surface area contributed by atoms with E-state index in [1.807, 2.05) is 13.8 Å². The Morgan fingerprint density at radius 1 is 0.947 bits per heavy atom. The Hall–Kier alpha value is -0.853. The average Bonchev–Trinajstić information content (AvgIpc) is 2.39. The van der Waals surface area contributed by atoms with E-state index in [2.05, 4.69) is 0 Å². The van der Waals surface area contributed by atoms with E-state index in [9.17, 15) is 13.2 Å². The Morgan fingerprint density at radius 3 is 1.84 bits per heavy atom. The highest BCUT2D eigenvalue weighted by atomic mass is 28.3. The predicted octanol–water partition coefficient (Wildman–Crippen LogP) is 3.26. The van der Waals surface area contributed by atoms with E-state index >= 15 is 0 Å². The summed E-state index contributed by atoms with van der Waals surface area (Å²) in [6.45, 7) is 5.07. The molecule has 108 valence electrons. The molecule has 0 radical (unpaired) electrons. The van der Waals surface area contributed by atoms with Crippen LogP contribution in [-0.2, 0) is 14.9 Å². The molecule has 6 heteroatoms. The van der Waals surface area contributed by atoms with Crippen LogP contribution in [0.15, 0.2) is 12.1 Å². The molecule has 0 N–H and O–H groups in total. The number of hydrogen-bond acceptors (Lipinski definition) is 2. The average molecular weight is 292 g/mol. The zero-order valence-electron chi connectivity index (χ0n) is 11.2. The summed E-state index contributed by atoms with van der Waals surface area (Å²) in [6, 6.07) is 2.33. The van der Waals surface area contributed by atoms with Crippen molar-refractivity contribution in [3.05, 3.63) is 35.1 Å². The summed E-state index contributed by atoms with van der Waals surface area (Å²) in [6.07, 6.45) is 1.70. The van der Waals surface area contributed by atoms with E-state index in [1.165, 1.54) is 0 Å². The van der Waals surface area contributed by atoms with Crippen molar-refractivity contribution < 1.29 is 22.0 Å². The minimum Gasteiger partial charge on any atom is -0.396 e. The molecular formula is C13H19F3O2Si. The van der Waals surface area contributed by atoms with Crippen LogP contribution in [0.25, 0.3) is 0 Å². The molecule has 19 heavy (non-hydrogen) atoms. The first-order valence-electron chi connectivity index (χ1n) is 6.45. The van der Waals surface area contributed by atoms with Crippen LogP contribution in [0.2, 0.25) is 0 Å². The number of hydrogen-bond donors (Lipinski definition) is 0. The van der Waals surface area contributed by atoms with Gasteiger partial charge in [-0.25, -0.2) is 13.2 Å². The van der Waals surface area contributed by atoms with E-state index in [0.717, 1.165) is 25.0 Å². The highest BCUT2D eigenvalue weighted by molar-refractivity contribution is 6.43. The van der Waals surface area contributed by atoms with E-state index < -0.39 is 26.7 Å². The molecule has 1 rings (SSSR count). The van der Waals surface area contributed by atoms with Gasteiger partial charge in [-0.2, -0.15) is 0 Å². The fourth-order valence-corrected chi connectivity index (χ4v) is 3.53. The van der Waals surface area contributed by atoms with Gasteiger partial charge in [0.1, 0.15) is 0 Å². The van der Waals surface area contributed by atoms with Crippen molar-refractivity contribution >= 4 is 9.28 Å². The van der Waals surface area contributed by atoms with Crippen molar-refractivity contribution in [2.24, 2.45) is 0 Å². The van der Waals surface area contributed by atoms with Gasteiger partial charge in [-0.05, 0) is 30.5 Å². The lowest BCUT2D eigenvalue weighted by molar-refractivity contribution is 0.196. The van der Waals surface area contributed by atoms with Crippen LogP contribution in [0.4, 0.5) is 13.2 Å². The van der Waals surface area contributed by atoms with Crippen molar-refractivity contribution in [1.82, 2.24) is 0 Å². The van der Waals surface area contributed by atoms with Gasteiger partial charge in [-0.3, -0.25) is 0 Å². The third-order valence-electron chi connectivity index (χ3n) is 2.46. The van der Waals surface area contributed by atoms with E-state index in [0.29, 0.717) is 24.8 Å². The number of benzene rings is 1. The maximum atomic E-state index is 13.1. The molecule has 0 aliphatic carbocycles. The summed E-state index contributed by atoms with van der Waals surface area (Å²) in [5.74, 6) is -3.78. The lowest BCUT2D eigenvalue weighted by atomic mass is 10.2. The van der Waals surface area contributed by atoms with Gasteiger partial charge in [0, 0.05) is 19.3 Å². The molecule has 0 unspecified atom stereocenters.